The van der Waals surface area contributed by atoms with Gasteiger partial charge in [-0.25, -0.2) is 4.99 Å². The van der Waals surface area contributed by atoms with Gasteiger partial charge in [0, 0.05) is 6.42 Å². The summed E-state index contributed by atoms with van der Waals surface area (Å²) in [4.78, 5) is 17.2. The second-order valence-electron chi connectivity index (χ2n) is 9.48. The summed E-state index contributed by atoms with van der Waals surface area (Å²) >= 11 is 0. The lowest BCUT2D eigenvalue weighted by Gasteiger charge is -2.34. The van der Waals surface area contributed by atoms with Crippen LogP contribution in [0.3, 0.4) is 0 Å². The Bertz CT molecular complexity index is 738. The first-order valence-electron chi connectivity index (χ1n) is 13.1. The van der Waals surface area contributed by atoms with E-state index in [1.54, 1.807) is 0 Å². The minimum absolute atomic E-state index is 0.0269. The third kappa shape index (κ3) is 13.1. The molecule has 1 heterocycles. The summed E-state index contributed by atoms with van der Waals surface area (Å²) < 4.78 is 31.2. The standard InChI is InChI=1S/C25H46N2O6S/c1-2-3-4-5-6-7-8-9-10-11-12-13-14-15-16-24(30)25-26-17-18-27(25,19-20-28)21-23(29)22-34(31,32)33/h3-4,23,28-29H,2,5-22H2,1H3/p+1/b4-3+. The molecule has 0 aromatic rings. The van der Waals surface area contributed by atoms with Crippen molar-refractivity contribution in [2.24, 2.45) is 4.99 Å². The van der Waals surface area contributed by atoms with Crippen LogP contribution in [-0.2, 0) is 14.9 Å². The van der Waals surface area contributed by atoms with E-state index in [2.05, 4.69) is 24.1 Å². The number of nitrogens with zero attached hydrogens (tertiary/aromatic N) is 2. The van der Waals surface area contributed by atoms with Crippen LogP contribution in [0.2, 0.25) is 0 Å². The fourth-order valence-corrected chi connectivity index (χ4v) is 5.28. The van der Waals surface area contributed by atoms with Crippen LogP contribution in [0.4, 0.5) is 0 Å². The number of aliphatic hydroxyl groups excluding tert-OH is 2. The topological polar surface area (TPSA) is 124 Å². The fourth-order valence-electron chi connectivity index (χ4n) is 4.69. The lowest BCUT2D eigenvalue weighted by atomic mass is 10.0. The Kier molecular flexibility index (Phi) is 15.7. The maximum Gasteiger partial charge on any atom is 0.267 e. The lowest BCUT2D eigenvalue weighted by Crippen LogP contribution is -2.59. The van der Waals surface area contributed by atoms with Crippen LogP contribution < -0.4 is 0 Å². The Labute approximate surface area is 206 Å². The van der Waals surface area contributed by atoms with E-state index < -0.39 is 22.0 Å². The molecule has 0 bridgehead atoms. The van der Waals surface area contributed by atoms with Crippen LogP contribution in [0.5, 0.6) is 0 Å². The van der Waals surface area contributed by atoms with Gasteiger partial charge in [-0.2, -0.15) is 8.42 Å². The Morgan fingerprint density at radius 1 is 1.03 bits per heavy atom. The summed E-state index contributed by atoms with van der Waals surface area (Å²) in [5, 5.41) is 19.7. The number of hydrogen-bond donors (Lipinski definition) is 3. The smallest absolute Gasteiger partial charge is 0.267 e. The summed E-state index contributed by atoms with van der Waals surface area (Å²) in [6.07, 6.45) is 17.6. The van der Waals surface area contributed by atoms with Crippen molar-refractivity contribution >= 4 is 21.7 Å². The van der Waals surface area contributed by atoms with E-state index in [1.807, 2.05) is 0 Å². The number of aliphatic hydroxyl groups is 2. The molecule has 0 aromatic heterocycles. The maximum absolute atomic E-state index is 12.8. The molecule has 9 heteroatoms. The molecule has 3 N–H and O–H groups in total. The molecule has 0 amide bonds. The first-order chi connectivity index (χ1) is 16.2. The molecule has 1 rings (SSSR count). The molecule has 8 nitrogen and oxygen atoms in total. The first kappa shape index (κ1) is 30.9. The number of carbonyl (C=O) groups excluding carboxylic acids is 1. The molecule has 2 atom stereocenters. The summed E-state index contributed by atoms with van der Waals surface area (Å²) in [5.41, 5.74) is 0. The Balaban J connectivity index is 2.26. The van der Waals surface area contributed by atoms with Gasteiger partial charge < -0.3 is 10.2 Å². The fraction of sp³-hybridized carbons (Fsp3) is 0.840. The number of amidine groups is 1. The zero-order valence-electron chi connectivity index (χ0n) is 21.0. The van der Waals surface area contributed by atoms with E-state index in [1.165, 1.54) is 51.4 Å². The van der Waals surface area contributed by atoms with Gasteiger partial charge in [-0.1, -0.05) is 70.4 Å². The molecule has 0 aromatic carbocycles. The van der Waals surface area contributed by atoms with E-state index in [9.17, 15) is 23.4 Å². The minimum Gasteiger partial charge on any atom is -0.390 e. The summed E-state index contributed by atoms with van der Waals surface area (Å²) in [5.74, 6) is -0.580. The third-order valence-electron chi connectivity index (χ3n) is 6.41. The SMILES string of the molecule is CC/C=C/CCCCCCCCCCCCC(=O)C1=NCC[N+]1(CCO)CC(O)CS(=O)(=O)O. The second kappa shape index (κ2) is 17.3. The molecular weight excluding hydrogens is 456 g/mol. The zero-order valence-corrected chi connectivity index (χ0v) is 21.9. The highest BCUT2D eigenvalue weighted by Gasteiger charge is 2.43. The van der Waals surface area contributed by atoms with Gasteiger partial charge in [-0.3, -0.25) is 13.8 Å². The lowest BCUT2D eigenvalue weighted by molar-refractivity contribution is -0.837. The first-order valence-corrected chi connectivity index (χ1v) is 14.7. The molecule has 0 radical (unpaired) electrons. The van der Waals surface area contributed by atoms with Crippen LogP contribution in [0.25, 0.3) is 0 Å². The summed E-state index contributed by atoms with van der Waals surface area (Å²) in [7, 11) is -4.33. The van der Waals surface area contributed by atoms with Crippen molar-refractivity contribution in [3.63, 3.8) is 0 Å². The van der Waals surface area contributed by atoms with E-state index in [0.717, 1.165) is 25.7 Å². The molecule has 34 heavy (non-hydrogen) atoms. The number of quaternary nitrogens is 1. The molecule has 198 valence electrons. The minimum atomic E-state index is -4.33. The number of rotatable bonds is 21. The zero-order chi connectivity index (χ0) is 25.3. The van der Waals surface area contributed by atoms with Gasteiger partial charge >= 0.3 is 0 Å². The largest absolute Gasteiger partial charge is 0.390 e. The van der Waals surface area contributed by atoms with Gasteiger partial charge in [-0.05, 0) is 25.7 Å². The van der Waals surface area contributed by atoms with E-state index >= 15 is 0 Å². The molecule has 0 aliphatic carbocycles. The van der Waals surface area contributed by atoms with Gasteiger partial charge in [0.25, 0.3) is 16.0 Å². The third-order valence-corrected chi connectivity index (χ3v) is 7.21. The average Bonchev–Trinajstić information content (AvgIpc) is 3.15. The molecule has 1 aliphatic rings. The van der Waals surface area contributed by atoms with Crippen molar-refractivity contribution in [1.82, 2.24) is 0 Å². The monoisotopic (exact) mass is 503 g/mol. The van der Waals surface area contributed by atoms with Crippen molar-refractivity contribution in [2.45, 2.75) is 96.5 Å². The average molecular weight is 504 g/mol. The van der Waals surface area contributed by atoms with Crippen molar-refractivity contribution in [1.29, 1.82) is 0 Å². The normalized spacial score (nSPS) is 19.6. The van der Waals surface area contributed by atoms with Crippen molar-refractivity contribution in [2.75, 3.05) is 38.5 Å². The van der Waals surface area contributed by atoms with Crippen molar-refractivity contribution < 1.29 is 32.5 Å². The van der Waals surface area contributed by atoms with Crippen LogP contribution in [-0.4, -0.2) is 83.9 Å². The number of carbonyl (C=O) groups is 1. The predicted octanol–water partition coefficient (Wildman–Crippen LogP) is 3.67. The number of Topliss-reactive ketones (excluding diaryl/α,β-unsaturated/α-hetero) is 1. The Morgan fingerprint density at radius 2 is 1.62 bits per heavy atom. The number of aliphatic imine (C=N–C) groups is 1. The highest BCUT2D eigenvalue weighted by Crippen LogP contribution is 2.20. The summed E-state index contributed by atoms with van der Waals surface area (Å²) in [6, 6.07) is 0. The highest BCUT2D eigenvalue weighted by atomic mass is 32.2. The van der Waals surface area contributed by atoms with Crippen LogP contribution in [0.1, 0.15) is 90.4 Å². The molecule has 0 fully saturated rings. The van der Waals surface area contributed by atoms with E-state index in [-0.39, 0.29) is 30.0 Å². The maximum atomic E-state index is 12.8. The second-order valence-corrected chi connectivity index (χ2v) is 11.0. The highest BCUT2D eigenvalue weighted by molar-refractivity contribution is 7.85. The van der Waals surface area contributed by atoms with Crippen LogP contribution in [0.15, 0.2) is 17.1 Å². The summed E-state index contributed by atoms with van der Waals surface area (Å²) in [6.45, 7) is 2.90. The quantitative estimate of drug-likeness (QED) is 0.0950. The van der Waals surface area contributed by atoms with E-state index in [0.29, 0.717) is 25.3 Å². The number of unbranched alkanes of at least 4 members (excludes halogenated alkanes) is 10. The molecule has 0 saturated carbocycles. The van der Waals surface area contributed by atoms with Gasteiger partial charge in [0.1, 0.15) is 31.5 Å². The van der Waals surface area contributed by atoms with E-state index in [4.69, 9.17) is 4.55 Å². The Hall–Kier alpha value is -1.13. The van der Waals surface area contributed by atoms with Gasteiger partial charge in [0.2, 0.25) is 5.78 Å². The molecule has 1 aliphatic heterocycles. The molecule has 0 saturated heterocycles. The predicted molar refractivity (Wildman–Crippen MR) is 137 cm³/mol. The van der Waals surface area contributed by atoms with Gasteiger partial charge in [0.05, 0.1) is 13.2 Å². The molecular formula is C25H47N2O6S+. The van der Waals surface area contributed by atoms with Crippen molar-refractivity contribution in [3.05, 3.63) is 12.2 Å². The van der Waals surface area contributed by atoms with Gasteiger partial charge in [-0.15, -0.1) is 0 Å². The van der Waals surface area contributed by atoms with Crippen LogP contribution >= 0.6 is 0 Å². The number of hydrogen-bond acceptors (Lipinski definition) is 6. The molecule has 0 spiro atoms. The Morgan fingerprint density at radius 3 is 2.18 bits per heavy atom. The molecule has 2 unspecified atom stereocenters. The van der Waals surface area contributed by atoms with Crippen molar-refractivity contribution in [3.8, 4) is 0 Å². The van der Waals surface area contributed by atoms with Gasteiger partial charge in [0.15, 0.2) is 0 Å². The van der Waals surface area contributed by atoms with Crippen LogP contribution in [0, 0.1) is 0 Å². The number of allylic oxidation sites excluding steroid dienone is 2. The number of ketones is 1.